The van der Waals surface area contributed by atoms with Crippen LogP contribution in [0.1, 0.15) is 10.8 Å². The minimum absolute atomic E-state index is 0.100. The standard InChI is InChI=1S/C25H20N4O3S2/c1-16-26-22(14-33-16)17-6-4-7-18(12-17)27-23(30)15-34-25-28-21-10-3-2-9-20(21)24(31)29(25)13-19-8-5-11-32-19/h2-12,14H,13,15H2,1H3,(H,27,30). The quantitative estimate of drug-likeness (QED) is 0.250. The zero-order valence-corrected chi connectivity index (χ0v) is 19.9. The van der Waals surface area contributed by atoms with Gasteiger partial charge in [-0.25, -0.2) is 9.97 Å². The molecular weight excluding hydrogens is 468 g/mol. The molecule has 34 heavy (non-hydrogen) atoms. The van der Waals surface area contributed by atoms with Crippen LogP contribution < -0.4 is 10.9 Å². The molecule has 5 aromatic rings. The summed E-state index contributed by atoms with van der Waals surface area (Å²) in [4.78, 5) is 35.0. The van der Waals surface area contributed by atoms with E-state index in [0.29, 0.717) is 27.5 Å². The highest BCUT2D eigenvalue weighted by molar-refractivity contribution is 7.99. The molecule has 1 amide bonds. The zero-order chi connectivity index (χ0) is 23.5. The maximum atomic E-state index is 13.1. The Balaban J connectivity index is 1.35. The van der Waals surface area contributed by atoms with Gasteiger partial charge >= 0.3 is 0 Å². The van der Waals surface area contributed by atoms with Crippen LogP contribution in [0.15, 0.2) is 86.7 Å². The van der Waals surface area contributed by atoms with Crippen LogP contribution in [-0.2, 0) is 11.3 Å². The number of carbonyl (C=O) groups excluding carboxylic acids is 1. The lowest BCUT2D eigenvalue weighted by molar-refractivity contribution is -0.113. The molecule has 0 saturated heterocycles. The van der Waals surface area contributed by atoms with Gasteiger partial charge in [0, 0.05) is 16.6 Å². The van der Waals surface area contributed by atoms with Crippen LogP contribution in [0.3, 0.4) is 0 Å². The molecular formula is C25H20N4O3S2. The Morgan fingerprint density at radius 1 is 1.12 bits per heavy atom. The predicted molar refractivity (Wildman–Crippen MR) is 135 cm³/mol. The molecule has 2 aromatic carbocycles. The lowest BCUT2D eigenvalue weighted by Crippen LogP contribution is -2.24. The molecule has 0 bridgehead atoms. The number of anilines is 1. The average molecular weight is 489 g/mol. The van der Waals surface area contributed by atoms with E-state index in [1.54, 1.807) is 46.4 Å². The number of thioether (sulfide) groups is 1. The van der Waals surface area contributed by atoms with Crippen LogP contribution in [0.25, 0.3) is 22.2 Å². The lowest BCUT2D eigenvalue weighted by Gasteiger charge is -2.12. The summed E-state index contributed by atoms with van der Waals surface area (Å²) >= 11 is 2.80. The summed E-state index contributed by atoms with van der Waals surface area (Å²) in [6, 6.07) is 18.4. The molecule has 0 radical (unpaired) electrons. The van der Waals surface area contributed by atoms with Crippen LogP contribution in [0.5, 0.6) is 0 Å². The molecule has 3 aromatic heterocycles. The number of fused-ring (bicyclic) bond motifs is 1. The van der Waals surface area contributed by atoms with Crippen molar-refractivity contribution in [1.29, 1.82) is 0 Å². The fraction of sp³-hybridized carbons (Fsp3) is 0.120. The van der Waals surface area contributed by atoms with E-state index in [-0.39, 0.29) is 23.8 Å². The van der Waals surface area contributed by atoms with Gasteiger partial charge in [0.1, 0.15) is 5.76 Å². The Labute approximate surface area is 203 Å². The highest BCUT2D eigenvalue weighted by atomic mass is 32.2. The largest absolute Gasteiger partial charge is 0.467 e. The Morgan fingerprint density at radius 2 is 2.00 bits per heavy atom. The van der Waals surface area contributed by atoms with Gasteiger partial charge in [0.25, 0.3) is 5.56 Å². The first-order chi connectivity index (χ1) is 16.6. The number of carbonyl (C=O) groups is 1. The topological polar surface area (TPSA) is 90.0 Å². The number of benzene rings is 2. The van der Waals surface area contributed by atoms with E-state index >= 15 is 0 Å². The van der Waals surface area contributed by atoms with Gasteiger partial charge in [0.05, 0.1) is 40.2 Å². The maximum absolute atomic E-state index is 13.1. The zero-order valence-electron chi connectivity index (χ0n) is 18.2. The number of aromatic nitrogens is 3. The molecule has 0 spiro atoms. The molecule has 1 N–H and O–H groups in total. The van der Waals surface area contributed by atoms with Gasteiger partial charge in [-0.2, -0.15) is 0 Å². The number of rotatable bonds is 7. The molecule has 0 saturated carbocycles. The summed E-state index contributed by atoms with van der Waals surface area (Å²) < 4.78 is 6.98. The first-order valence-corrected chi connectivity index (χ1v) is 12.4. The van der Waals surface area contributed by atoms with E-state index in [9.17, 15) is 9.59 Å². The van der Waals surface area contributed by atoms with Gasteiger partial charge in [-0.05, 0) is 43.3 Å². The van der Waals surface area contributed by atoms with E-state index in [0.717, 1.165) is 16.3 Å². The Bertz CT molecular complexity index is 1520. The second-order valence-electron chi connectivity index (χ2n) is 7.55. The molecule has 5 rings (SSSR count). The van der Waals surface area contributed by atoms with E-state index < -0.39 is 0 Å². The third-order valence-corrected chi connectivity index (χ3v) is 6.86. The molecule has 3 heterocycles. The van der Waals surface area contributed by atoms with Gasteiger partial charge in [0.2, 0.25) is 5.91 Å². The molecule has 0 aliphatic rings. The van der Waals surface area contributed by atoms with E-state index in [1.807, 2.05) is 48.7 Å². The van der Waals surface area contributed by atoms with Crippen LogP contribution in [0.4, 0.5) is 5.69 Å². The SMILES string of the molecule is Cc1nc(-c2cccc(NC(=O)CSc3nc4ccccc4c(=O)n3Cc3ccco3)c2)cs1. The summed E-state index contributed by atoms with van der Waals surface area (Å²) in [6.45, 7) is 2.20. The van der Waals surface area contributed by atoms with Crippen molar-refractivity contribution in [3.05, 3.63) is 93.4 Å². The summed E-state index contributed by atoms with van der Waals surface area (Å²) in [5.74, 6) is 0.548. The van der Waals surface area contributed by atoms with Crippen molar-refractivity contribution in [2.45, 2.75) is 18.6 Å². The molecule has 0 unspecified atom stereocenters. The molecule has 0 fully saturated rings. The third kappa shape index (κ3) is 4.80. The van der Waals surface area contributed by atoms with Crippen molar-refractivity contribution in [2.75, 3.05) is 11.1 Å². The number of para-hydroxylation sites is 1. The van der Waals surface area contributed by atoms with E-state index in [1.165, 1.54) is 11.8 Å². The van der Waals surface area contributed by atoms with Crippen molar-refractivity contribution >= 4 is 45.6 Å². The van der Waals surface area contributed by atoms with Crippen molar-refractivity contribution < 1.29 is 9.21 Å². The smallest absolute Gasteiger partial charge is 0.262 e. The molecule has 170 valence electrons. The number of hydrogen-bond acceptors (Lipinski definition) is 7. The third-order valence-electron chi connectivity index (χ3n) is 5.11. The van der Waals surface area contributed by atoms with Crippen molar-refractivity contribution in [3.8, 4) is 11.3 Å². The van der Waals surface area contributed by atoms with Crippen molar-refractivity contribution in [3.63, 3.8) is 0 Å². The molecule has 0 aliphatic carbocycles. The highest BCUT2D eigenvalue weighted by Crippen LogP contribution is 2.25. The maximum Gasteiger partial charge on any atom is 0.262 e. The Hall–Kier alpha value is -3.69. The fourth-order valence-electron chi connectivity index (χ4n) is 3.54. The number of hydrogen-bond donors (Lipinski definition) is 1. The van der Waals surface area contributed by atoms with Crippen molar-refractivity contribution in [2.24, 2.45) is 0 Å². The molecule has 0 aliphatic heterocycles. The minimum atomic E-state index is -0.191. The number of nitrogens with zero attached hydrogens (tertiary/aromatic N) is 3. The normalized spacial score (nSPS) is 11.1. The van der Waals surface area contributed by atoms with E-state index in [2.05, 4.69) is 15.3 Å². The van der Waals surface area contributed by atoms with Crippen LogP contribution >= 0.6 is 23.1 Å². The lowest BCUT2D eigenvalue weighted by atomic mass is 10.1. The fourth-order valence-corrected chi connectivity index (χ4v) is 4.96. The number of furan rings is 1. The van der Waals surface area contributed by atoms with Gasteiger partial charge in [-0.15, -0.1) is 11.3 Å². The summed E-state index contributed by atoms with van der Waals surface area (Å²) in [5, 5.41) is 6.90. The molecule has 7 nitrogen and oxygen atoms in total. The van der Waals surface area contributed by atoms with Crippen LogP contribution in [0.2, 0.25) is 0 Å². The van der Waals surface area contributed by atoms with Crippen molar-refractivity contribution in [1.82, 2.24) is 14.5 Å². The van der Waals surface area contributed by atoms with Gasteiger partial charge in [-0.3, -0.25) is 14.2 Å². The monoisotopic (exact) mass is 488 g/mol. The van der Waals surface area contributed by atoms with Gasteiger partial charge in [-0.1, -0.05) is 36.0 Å². The Kier molecular flexibility index (Phi) is 6.29. The van der Waals surface area contributed by atoms with E-state index in [4.69, 9.17) is 4.42 Å². The summed E-state index contributed by atoms with van der Waals surface area (Å²) in [5.41, 5.74) is 2.94. The summed E-state index contributed by atoms with van der Waals surface area (Å²) in [6.07, 6.45) is 1.57. The predicted octanol–water partition coefficient (Wildman–Crippen LogP) is 5.20. The second-order valence-corrected chi connectivity index (χ2v) is 9.56. The first kappa shape index (κ1) is 22.1. The number of thiazole rings is 1. The van der Waals surface area contributed by atoms with Gasteiger partial charge < -0.3 is 9.73 Å². The summed E-state index contributed by atoms with van der Waals surface area (Å²) in [7, 11) is 0. The minimum Gasteiger partial charge on any atom is -0.467 e. The second kappa shape index (κ2) is 9.66. The number of nitrogens with one attached hydrogen (secondary N) is 1. The average Bonchev–Trinajstić information content (AvgIpc) is 3.52. The van der Waals surface area contributed by atoms with Gasteiger partial charge in [0.15, 0.2) is 5.16 Å². The first-order valence-electron chi connectivity index (χ1n) is 10.5. The number of amides is 1. The van der Waals surface area contributed by atoms with Crippen LogP contribution in [-0.4, -0.2) is 26.2 Å². The Morgan fingerprint density at radius 3 is 2.79 bits per heavy atom. The number of aryl methyl sites for hydroxylation is 1. The molecule has 9 heteroatoms. The highest BCUT2D eigenvalue weighted by Gasteiger charge is 2.15. The molecule has 0 atom stereocenters. The van der Waals surface area contributed by atoms with Crippen LogP contribution in [0, 0.1) is 6.92 Å².